The molecule has 1 unspecified atom stereocenters. The minimum Gasteiger partial charge on any atom is -0.314 e. The van der Waals surface area contributed by atoms with Gasteiger partial charge >= 0.3 is 0 Å². The minimum absolute atomic E-state index is 0.186. The molecule has 0 aliphatic rings. The Bertz CT molecular complexity index is 560. The molecule has 0 saturated carbocycles. The molecule has 1 atom stereocenters. The van der Waals surface area contributed by atoms with Gasteiger partial charge in [-0.15, -0.1) is 0 Å². The van der Waals surface area contributed by atoms with Crippen LogP contribution in [0.1, 0.15) is 24.6 Å². The maximum absolute atomic E-state index is 13.3. The van der Waals surface area contributed by atoms with Gasteiger partial charge in [0, 0.05) is 31.0 Å². The number of benzene rings is 1. The molecule has 3 nitrogen and oxygen atoms in total. The van der Waals surface area contributed by atoms with Crippen LogP contribution >= 0.6 is 0 Å². The summed E-state index contributed by atoms with van der Waals surface area (Å²) in [6, 6.07) is 5.88. The van der Waals surface area contributed by atoms with E-state index in [1.165, 1.54) is 12.1 Å². The molecule has 0 radical (unpaired) electrons. The number of rotatable bonds is 7. The lowest BCUT2D eigenvalue weighted by Crippen LogP contribution is -2.31. The predicted octanol–water partition coefficient (Wildman–Crippen LogP) is 2.85. The number of hydrogen-bond donors (Lipinski definition) is 1. The van der Waals surface area contributed by atoms with Crippen molar-refractivity contribution in [1.82, 2.24) is 15.1 Å². The fourth-order valence-corrected chi connectivity index (χ4v) is 2.55. The highest BCUT2D eigenvalue weighted by Crippen LogP contribution is 2.13. The Morgan fingerprint density at radius 1 is 1.24 bits per heavy atom. The predicted molar refractivity (Wildman–Crippen MR) is 79.1 cm³/mol. The van der Waals surface area contributed by atoms with Crippen molar-refractivity contribution in [2.75, 3.05) is 6.54 Å². The summed E-state index contributed by atoms with van der Waals surface area (Å²) in [6.07, 6.45) is 4.16. The van der Waals surface area contributed by atoms with E-state index in [9.17, 15) is 8.78 Å². The Kier molecular flexibility index (Phi) is 5.44. The van der Waals surface area contributed by atoms with Crippen molar-refractivity contribution in [3.63, 3.8) is 0 Å². The zero-order valence-corrected chi connectivity index (χ0v) is 12.4. The summed E-state index contributed by atoms with van der Waals surface area (Å²) in [5.41, 5.74) is 1.84. The highest BCUT2D eigenvalue weighted by molar-refractivity contribution is 5.19. The standard InChI is InChI=1S/C16H21F2N3/c1-3-19-15(4-5-16-6-7-20-21(16)2)10-12-8-13(17)11-14(18)9-12/h6-9,11,15,19H,3-5,10H2,1-2H3. The van der Waals surface area contributed by atoms with Crippen LogP contribution in [-0.2, 0) is 19.9 Å². The number of nitrogens with zero attached hydrogens (tertiary/aromatic N) is 2. The van der Waals surface area contributed by atoms with Gasteiger partial charge in [0.25, 0.3) is 0 Å². The van der Waals surface area contributed by atoms with E-state index in [-0.39, 0.29) is 6.04 Å². The molecule has 1 aromatic heterocycles. The molecule has 2 rings (SSSR count). The lowest BCUT2D eigenvalue weighted by molar-refractivity contribution is 0.480. The first-order valence-corrected chi connectivity index (χ1v) is 7.23. The molecular formula is C16H21F2N3. The maximum Gasteiger partial charge on any atom is 0.126 e. The van der Waals surface area contributed by atoms with E-state index in [1.54, 1.807) is 6.20 Å². The third-order valence-electron chi connectivity index (χ3n) is 3.57. The third kappa shape index (κ3) is 4.63. The number of aromatic nitrogens is 2. The van der Waals surface area contributed by atoms with Crippen LogP contribution in [-0.4, -0.2) is 22.4 Å². The molecule has 0 amide bonds. The van der Waals surface area contributed by atoms with Crippen molar-refractivity contribution in [3.05, 3.63) is 53.4 Å². The van der Waals surface area contributed by atoms with Gasteiger partial charge < -0.3 is 5.32 Å². The molecule has 0 aliphatic carbocycles. The van der Waals surface area contributed by atoms with Gasteiger partial charge in [0.05, 0.1) is 0 Å². The monoisotopic (exact) mass is 293 g/mol. The first-order chi connectivity index (χ1) is 10.1. The highest BCUT2D eigenvalue weighted by atomic mass is 19.1. The molecule has 1 heterocycles. The van der Waals surface area contributed by atoms with E-state index in [0.29, 0.717) is 12.0 Å². The van der Waals surface area contributed by atoms with Crippen molar-refractivity contribution >= 4 is 0 Å². The summed E-state index contributed by atoms with van der Waals surface area (Å²) < 4.78 is 28.4. The van der Waals surface area contributed by atoms with Crippen molar-refractivity contribution < 1.29 is 8.78 Å². The van der Waals surface area contributed by atoms with Gasteiger partial charge in [0.1, 0.15) is 11.6 Å². The summed E-state index contributed by atoms with van der Waals surface area (Å²) in [6.45, 7) is 2.86. The lowest BCUT2D eigenvalue weighted by atomic mass is 10.0. The number of aryl methyl sites for hydroxylation is 2. The molecule has 0 fully saturated rings. The van der Waals surface area contributed by atoms with Crippen LogP contribution in [0.4, 0.5) is 8.78 Å². The van der Waals surface area contributed by atoms with Crippen LogP contribution in [0.15, 0.2) is 30.5 Å². The van der Waals surface area contributed by atoms with E-state index in [2.05, 4.69) is 10.4 Å². The van der Waals surface area contributed by atoms with E-state index < -0.39 is 11.6 Å². The topological polar surface area (TPSA) is 29.9 Å². The quantitative estimate of drug-likeness (QED) is 0.850. The van der Waals surface area contributed by atoms with Crippen LogP contribution in [0.3, 0.4) is 0 Å². The minimum atomic E-state index is -0.521. The summed E-state index contributed by atoms with van der Waals surface area (Å²) in [7, 11) is 1.92. The smallest absolute Gasteiger partial charge is 0.126 e. The molecule has 114 valence electrons. The van der Waals surface area contributed by atoms with Crippen molar-refractivity contribution in [1.29, 1.82) is 0 Å². The molecule has 0 aliphatic heterocycles. The second-order valence-electron chi connectivity index (χ2n) is 5.22. The summed E-state index contributed by atoms with van der Waals surface area (Å²) in [4.78, 5) is 0. The van der Waals surface area contributed by atoms with Crippen molar-refractivity contribution in [3.8, 4) is 0 Å². The summed E-state index contributed by atoms with van der Waals surface area (Å²) >= 11 is 0. The van der Waals surface area contributed by atoms with Gasteiger partial charge in [-0.25, -0.2) is 8.78 Å². The van der Waals surface area contributed by atoms with Gasteiger partial charge in [0.2, 0.25) is 0 Å². The van der Waals surface area contributed by atoms with Crippen molar-refractivity contribution in [2.45, 2.75) is 32.2 Å². The van der Waals surface area contributed by atoms with Gasteiger partial charge in [-0.1, -0.05) is 6.92 Å². The zero-order chi connectivity index (χ0) is 15.2. The number of halogens is 2. The fourth-order valence-electron chi connectivity index (χ4n) is 2.55. The molecule has 0 spiro atoms. The lowest BCUT2D eigenvalue weighted by Gasteiger charge is -2.18. The Morgan fingerprint density at radius 2 is 1.95 bits per heavy atom. The molecule has 0 bridgehead atoms. The molecule has 5 heteroatoms. The van der Waals surface area contributed by atoms with Crippen molar-refractivity contribution in [2.24, 2.45) is 7.05 Å². The first kappa shape index (κ1) is 15.6. The SMILES string of the molecule is CCNC(CCc1ccnn1C)Cc1cc(F)cc(F)c1. The molecular weight excluding hydrogens is 272 g/mol. The van der Waals surface area contributed by atoms with Crippen LogP contribution < -0.4 is 5.32 Å². The van der Waals surface area contributed by atoms with Gasteiger partial charge in [-0.05, 0) is 49.6 Å². The number of likely N-dealkylation sites (N-methyl/N-ethyl adjacent to an activating group) is 1. The number of hydrogen-bond acceptors (Lipinski definition) is 2. The first-order valence-electron chi connectivity index (χ1n) is 7.23. The summed E-state index contributed by atoms with van der Waals surface area (Å²) in [5.74, 6) is -1.04. The second kappa shape index (κ2) is 7.31. The Labute approximate surface area is 124 Å². The van der Waals surface area contributed by atoms with E-state index in [0.717, 1.165) is 31.1 Å². The van der Waals surface area contributed by atoms with Crippen LogP contribution in [0.2, 0.25) is 0 Å². The largest absolute Gasteiger partial charge is 0.314 e. The zero-order valence-electron chi connectivity index (χ0n) is 12.4. The van der Waals surface area contributed by atoms with E-state index >= 15 is 0 Å². The fraction of sp³-hybridized carbons (Fsp3) is 0.438. The Hall–Kier alpha value is -1.75. The van der Waals surface area contributed by atoms with Gasteiger partial charge in [0.15, 0.2) is 0 Å². The van der Waals surface area contributed by atoms with Crippen LogP contribution in [0.5, 0.6) is 0 Å². The van der Waals surface area contributed by atoms with Gasteiger partial charge in [-0.3, -0.25) is 4.68 Å². The van der Waals surface area contributed by atoms with E-state index in [1.807, 2.05) is 24.7 Å². The second-order valence-corrected chi connectivity index (χ2v) is 5.22. The maximum atomic E-state index is 13.3. The summed E-state index contributed by atoms with van der Waals surface area (Å²) in [5, 5.41) is 7.52. The third-order valence-corrected chi connectivity index (χ3v) is 3.57. The molecule has 0 saturated heterocycles. The molecule has 1 aromatic carbocycles. The average Bonchev–Trinajstić information content (AvgIpc) is 2.80. The van der Waals surface area contributed by atoms with Gasteiger partial charge in [-0.2, -0.15) is 5.10 Å². The van der Waals surface area contributed by atoms with Crippen LogP contribution in [0, 0.1) is 11.6 Å². The highest BCUT2D eigenvalue weighted by Gasteiger charge is 2.11. The Balaban J connectivity index is 1.99. The van der Waals surface area contributed by atoms with Crippen LogP contribution in [0.25, 0.3) is 0 Å². The number of nitrogens with one attached hydrogen (secondary N) is 1. The normalized spacial score (nSPS) is 12.6. The van der Waals surface area contributed by atoms with E-state index in [4.69, 9.17) is 0 Å². The molecule has 21 heavy (non-hydrogen) atoms. The molecule has 1 N–H and O–H groups in total. The average molecular weight is 293 g/mol. The molecule has 2 aromatic rings. The Morgan fingerprint density at radius 3 is 2.52 bits per heavy atom.